The lowest BCUT2D eigenvalue weighted by atomic mass is 10.2. The molecular weight excluding hydrogens is 344 g/mol. The Morgan fingerprint density at radius 1 is 1.10 bits per heavy atom. The van der Waals surface area contributed by atoms with Gasteiger partial charge in [0.2, 0.25) is 0 Å². The number of anilines is 1. The van der Waals surface area contributed by atoms with Gasteiger partial charge in [-0.1, -0.05) is 35.0 Å². The van der Waals surface area contributed by atoms with Crippen LogP contribution in [0.4, 0.5) is 19.0 Å². The lowest BCUT2D eigenvalue weighted by Gasteiger charge is -2.11. The molecule has 0 saturated carbocycles. The van der Waals surface area contributed by atoms with Crippen LogP contribution >= 0.6 is 35.0 Å². The van der Waals surface area contributed by atoms with Crippen molar-refractivity contribution in [2.24, 2.45) is 0 Å². The van der Waals surface area contributed by atoms with Crippen LogP contribution in [0.15, 0.2) is 40.3 Å². The molecule has 0 saturated heterocycles. The lowest BCUT2D eigenvalue weighted by molar-refractivity contribution is -0.137. The number of benzene rings is 1. The molecule has 0 bridgehead atoms. The van der Waals surface area contributed by atoms with E-state index in [0.29, 0.717) is 14.9 Å². The first-order valence-corrected chi connectivity index (χ1v) is 7.27. The Kier molecular flexibility index (Phi) is 4.91. The predicted molar refractivity (Wildman–Crippen MR) is 79.4 cm³/mol. The van der Waals surface area contributed by atoms with Crippen LogP contribution in [-0.2, 0) is 6.18 Å². The van der Waals surface area contributed by atoms with E-state index in [1.807, 2.05) is 0 Å². The molecule has 1 N–H and O–H groups in total. The summed E-state index contributed by atoms with van der Waals surface area (Å²) in [5.41, 5.74) is -0.760. The van der Waals surface area contributed by atoms with E-state index in [9.17, 15) is 13.2 Å². The van der Waals surface area contributed by atoms with Gasteiger partial charge in [0.25, 0.3) is 0 Å². The maximum atomic E-state index is 12.8. The average Bonchev–Trinajstić information content (AvgIpc) is 2.41. The molecule has 8 heteroatoms. The van der Waals surface area contributed by atoms with Crippen LogP contribution in [0.25, 0.3) is 0 Å². The van der Waals surface area contributed by atoms with Gasteiger partial charge in [0, 0.05) is 11.9 Å². The minimum absolute atomic E-state index is 0.146. The molecule has 0 aliphatic carbocycles. The van der Waals surface area contributed by atoms with Crippen LogP contribution in [0, 0.1) is 0 Å². The zero-order chi connectivity index (χ0) is 15.6. The highest BCUT2D eigenvalue weighted by Crippen LogP contribution is 2.36. The van der Waals surface area contributed by atoms with Gasteiger partial charge in [-0.15, -0.1) is 0 Å². The predicted octanol–water partition coefficient (Wildman–Crippen LogP) is 5.60. The number of rotatable bonds is 3. The monoisotopic (exact) mass is 352 g/mol. The Morgan fingerprint density at radius 3 is 2.38 bits per heavy atom. The second-order valence-corrected chi connectivity index (χ2v) is 5.91. The van der Waals surface area contributed by atoms with Crippen LogP contribution in [0.5, 0.6) is 0 Å². The number of hydrogen-bond donors (Lipinski definition) is 1. The first-order chi connectivity index (χ1) is 9.79. The molecule has 0 unspecified atom stereocenters. The molecular formula is C13H9Cl2F3N2S. The van der Waals surface area contributed by atoms with Gasteiger partial charge in [-0.05, 0) is 30.3 Å². The van der Waals surface area contributed by atoms with Gasteiger partial charge in [-0.25, -0.2) is 4.98 Å². The third-order valence-electron chi connectivity index (χ3n) is 2.50. The highest BCUT2D eigenvalue weighted by molar-refractivity contribution is 7.99. The highest BCUT2D eigenvalue weighted by Gasteiger charge is 2.31. The zero-order valence-corrected chi connectivity index (χ0v) is 13.0. The Morgan fingerprint density at radius 2 is 1.81 bits per heavy atom. The number of halogens is 5. The molecule has 21 heavy (non-hydrogen) atoms. The quantitative estimate of drug-likeness (QED) is 0.778. The van der Waals surface area contributed by atoms with E-state index in [2.05, 4.69) is 10.3 Å². The molecule has 0 atom stereocenters. The van der Waals surface area contributed by atoms with Crippen molar-refractivity contribution in [3.63, 3.8) is 0 Å². The molecule has 0 fully saturated rings. The van der Waals surface area contributed by atoms with E-state index < -0.39 is 11.7 Å². The summed E-state index contributed by atoms with van der Waals surface area (Å²) in [6.45, 7) is 0. The van der Waals surface area contributed by atoms with Crippen LogP contribution in [0.2, 0.25) is 10.0 Å². The van der Waals surface area contributed by atoms with Crippen molar-refractivity contribution in [3.8, 4) is 0 Å². The molecule has 2 nitrogen and oxygen atoms in total. The smallest absolute Gasteiger partial charge is 0.373 e. The summed E-state index contributed by atoms with van der Waals surface area (Å²) < 4.78 is 38.5. The molecule has 1 aromatic heterocycles. The highest BCUT2D eigenvalue weighted by atomic mass is 35.5. The lowest BCUT2D eigenvalue weighted by Crippen LogP contribution is -2.07. The standard InChI is InChI=1S/C13H9Cl2F3N2S/c1-19-11-4-7(13(16,17)18)5-12(20-11)21-8-2-3-9(14)10(15)6-8/h2-6H,1H3,(H,19,20). The van der Waals surface area contributed by atoms with Gasteiger partial charge in [0.15, 0.2) is 0 Å². The third-order valence-corrected chi connectivity index (χ3v) is 4.15. The Hall–Kier alpha value is -1.11. The molecule has 0 radical (unpaired) electrons. The molecule has 2 rings (SSSR count). The van der Waals surface area contributed by atoms with E-state index in [1.54, 1.807) is 18.2 Å². The number of alkyl halides is 3. The summed E-state index contributed by atoms with van der Waals surface area (Å²) in [7, 11) is 1.51. The Labute approximate surface area is 133 Å². The van der Waals surface area contributed by atoms with Crippen molar-refractivity contribution in [3.05, 3.63) is 45.9 Å². The third kappa shape index (κ3) is 4.18. The van der Waals surface area contributed by atoms with E-state index in [0.717, 1.165) is 23.9 Å². The summed E-state index contributed by atoms with van der Waals surface area (Å²) in [6, 6.07) is 6.78. The van der Waals surface area contributed by atoms with E-state index in [1.165, 1.54) is 7.05 Å². The van der Waals surface area contributed by atoms with Crippen molar-refractivity contribution in [1.29, 1.82) is 0 Å². The number of nitrogens with zero attached hydrogens (tertiary/aromatic N) is 1. The topological polar surface area (TPSA) is 24.9 Å². The summed E-state index contributed by atoms with van der Waals surface area (Å²) >= 11 is 12.8. The van der Waals surface area contributed by atoms with Gasteiger partial charge in [0.1, 0.15) is 10.8 Å². The second-order valence-electron chi connectivity index (χ2n) is 4.01. The Balaban J connectivity index is 2.36. The van der Waals surface area contributed by atoms with Crippen LogP contribution in [0.1, 0.15) is 5.56 Å². The molecule has 0 aliphatic heterocycles. The molecule has 1 heterocycles. The summed E-state index contributed by atoms with van der Waals surface area (Å²) in [5, 5.41) is 3.55. The van der Waals surface area contributed by atoms with E-state index in [4.69, 9.17) is 23.2 Å². The summed E-state index contributed by atoms with van der Waals surface area (Å²) in [4.78, 5) is 4.74. The number of aromatic nitrogens is 1. The largest absolute Gasteiger partial charge is 0.416 e. The molecule has 0 amide bonds. The van der Waals surface area contributed by atoms with Crippen molar-refractivity contribution >= 4 is 40.8 Å². The van der Waals surface area contributed by atoms with Gasteiger partial charge in [0.05, 0.1) is 15.6 Å². The van der Waals surface area contributed by atoms with E-state index >= 15 is 0 Å². The summed E-state index contributed by atoms with van der Waals surface area (Å²) in [5.74, 6) is 0.146. The van der Waals surface area contributed by atoms with Crippen LogP contribution in [0.3, 0.4) is 0 Å². The Bertz CT molecular complexity index is 662. The first kappa shape index (κ1) is 16.3. The average molecular weight is 353 g/mol. The molecule has 112 valence electrons. The fourth-order valence-electron chi connectivity index (χ4n) is 1.51. The molecule has 0 aliphatic rings. The van der Waals surface area contributed by atoms with Gasteiger partial charge >= 0.3 is 6.18 Å². The fourth-order valence-corrected chi connectivity index (χ4v) is 2.76. The van der Waals surface area contributed by atoms with Gasteiger partial charge < -0.3 is 5.32 Å². The van der Waals surface area contributed by atoms with E-state index in [-0.39, 0.29) is 10.8 Å². The number of hydrogen-bond acceptors (Lipinski definition) is 3. The second kappa shape index (κ2) is 6.34. The van der Waals surface area contributed by atoms with Crippen molar-refractivity contribution < 1.29 is 13.2 Å². The normalized spacial score (nSPS) is 11.5. The molecule has 1 aromatic carbocycles. The van der Waals surface area contributed by atoms with Gasteiger partial charge in [-0.2, -0.15) is 13.2 Å². The number of nitrogens with one attached hydrogen (secondary N) is 1. The minimum atomic E-state index is -4.43. The van der Waals surface area contributed by atoms with Crippen molar-refractivity contribution in [2.75, 3.05) is 12.4 Å². The van der Waals surface area contributed by atoms with Gasteiger partial charge in [-0.3, -0.25) is 0 Å². The van der Waals surface area contributed by atoms with Crippen molar-refractivity contribution in [2.45, 2.75) is 16.1 Å². The van der Waals surface area contributed by atoms with Crippen LogP contribution < -0.4 is 5.32 Å². The maximum absolute atomic E-state index is 12.8. The molecule has 2 aromatic rings. The SMILES string of the molecule is CNc1cc(C(F)(F)F)cc(Sc2ccc(Cl)c(Cl)c2)n1. The number of pyridine rings is 1. The maximum Gasteiger partial charge on any atom is 0.416 e. The minimum Gasteiger partial charge on any atom is -0.373 e. The molecule has 0 spiro atoms. The zero-order valence-electron chi connectivity index (χ0n) is 10.6. The fraction of sp³-hybridized carbons (Fsp3) is 0.154. The van der Waals surface area contributed by atoms with Crippen LogP contribution in [-0.4, -0.2) is 12.0 Å². The summed E-state index contributed by atoms with van der Waals surface area (Å²) in [6.07, 6.45) is -4.43. The van der Waals surface area contributed by atoms with Crippen molar-refractivity contribution in [1.82, 2.24) is 4.98 Å². The first-order valence-electron chi connectivity index (χ1n) is 5.69.